The second kappa shape index (κ2) is 11.8. The van der Waals surface area contributed by atoms with Gasteiger partial charge in [0.25, 0.3) is 11.8 Å². The topological polar surface area (TPSA) is 84.5 Å². The van der Waals surface area contributed by atoms with E-state index in [1.54, 1.807) is 42.5 Å². The van der Waals surface area contributed by atoms with Crippen LogP contribution in [0.25, 0.3) is 0 Å². The largest absolute Gasteiger partial charge is 0.452 e. The first-order valence-corrected chi connectivity index (χ1v) is 10.9. The van der Waals surface area contributed by atoms with Gasteiger partial charge in [0.1, 0.15) is 0 Å². The Balaban J connectivity index is 1.60. The summed E-state index contributed by atoms with van der Waals surface area (Å²) in [4.78, 5) is 37.6. The van der Waals surface area contributed by atoms with Crippen LogP contribution in [0.3, 0.4) is 0 Å². The second-order valence-electron chi connectivity index (χ2n) is 7.45. The first-order chi connectivity index (χ1) is 15.9. The highest BCUT2D eigenvalue weighted by Crippen LogP contribution is 2.19. The van der Waals surface area contributed by atoms with E-state index in [2.05, 4.69) is 10.6 Å². The van der Waals surface area contributed by atoms with E-state index in [1.165, 1.54) is 6.92 Å². The molecule has 0 aliphatic rings. The zero-order chi connectivity index (χ0) is 23.6. The normalized spacial score (nSPS) is 12.3. The molecule has 0 fully saturated rings. The first kappa shape index (κ1) is 24.0. The Morgan fingerprint density at radius 3 is 2.15 bits per heavy atom. The van der Waals surface area contributed by atoms with Gasteiger partial charge in [-0.3, -0.25) is 14.4 Å². The number of hydrogen-bond acceptors (Lipinski definition) is 4. The highest BCUT2D eigenvalue weighted by Gasteiger charge is 2.23. The average molecular weight is 465 g/mol. The molecule has 33 heavy (non-hydrogen) atoms. The van der Waals surface area contributed by atoms with Crippen molar-refractivity contribution in [2.45, 2.75) is 32.0 Å². The molecule has 2 amide bonds. The average Bonchev–Trinajstić information content (AvgIpc) is 2.84. The molecule has 170 valence electrons. The molecule has 0 aliphatic carbocycles. The number of esters is 1. The number of halogens is 1. The van der Waals surface area contributed by atoms with Crippen LogP contribution < -0.4 is 10.6 Å². The molecule has 0 aromatic heterocycles. The molecular formula is C26H25ClN2O4. The SMILES string of the molecule is CC(OC(=O)CC(NC(=O)c1ccccc1)c1ccccc1)C(=O)NCc1ccccc1Cl. The van der Waals surface area contributed by atoms with Gasteiger partial charge in [0.2, 0.25) is 0 Å². The van der Waals surface area contributed by atoms with Gasteiger partial charge in [-0.25, -0.2) is 0 Å². The van der Waals surface area contributed by atoms with E-state index in [1.807, 2.05) is 42.5 Å². The summed E-state index contributed by atoms with van der Waals surface area (Å²) in [5, 5.41) is 6.14. The van der Waals surface area contributed by atoms with Gasteiger partial charge in [0.15, 0.2) is 6.10 Å². The van der Waals surface area contributed by atoms with E-state index < -0.39 is 24.0 Å². The summed E-state index contributed by atoms with van der Waals surface area (Å²) in [5.74, 6) is -1.34. The minimum atomic E-state index is -0.999. The molecule has 7 heteroatoms. The van der Waals surface area contributed by atoms with Crippen LogP contribution in [-0.2, 0) is 20.9 Å². The Labute approximate surface area is 197 Å². The molecule has 0 saturated heterocycles. The Bertz CT molecular complexity index is 1090. The van der Waals surface area contributed by atoms with Crippen LogP contribution in [0, 0.1) is 0 Å². The second-order valence-corrected chi connectivity index (χ2v) is 7.86. The van der Waals surface area contributed by atoms with Crippen LogP contribution in [0.15, 0.2) is 84.9 Å². The summed E-state index contributed by atoms with van der Waals surface area (Å²) in [6, 6.07) is 24.5. The van der Waals surface area contributed by atoms with E-state index in [9.17, 15) is 14.4 Å². The molecule has 3 aromatic carbocycles. The maximum Gasteiger partial charge on any atom is 0.309 e. The van der Waals surface area contributed by atoms with Gasteiger partial charge >= 0.3 is 5.97 Å². The van der Waals surface area contributed by atoms with Gasteiger partial charge in [-0.05, 0) is 36.2 Å². The van der Waals surface area contributed by atoms with Gasteiger partial charge in [-0.2, -0.15) is 0 Å². The highest BCUT2D eigenvalue weighted by molar-refractivity contribution is 6.31. The van der Waals surface area contributed by atoms with E-state index in [0.29, 0.717) is 10.6 Å². The summed E-state index contributed by atoms with van der Waals surface area (Å²) in [6.45, 7) is 1.72. The van der Waals surface area contributed by atoms with Crippen molar-refractivity contribution < 1.29 is 19.1 Å². The molecule has 3 aromatic rings. The summed E-state index contributed by atoms with van der Waals surface area (Å²) in [7, 11) is 0. The third kappa shape index (κ3) is 7.19. The number of benzene rings is 3. The van der Waals surface area contributed by atoms with Gasteiger partial charge in [-0.1, -0.05) is 78.3 Å². The van der Waals surface area contributed by atoms with Crippen LogP contribution >= 0.6 is 11.6 Å². The number of ether oxygens (including phenoxy) is 1. The molecule has 0 radical (unpaired) electrons. The molecule has 0 saturated carbocycles. The summed E-state index contributed by atoms with van der Waals surface area (Å²) < 4.78 is 5.33. The number of hydrogen-bond donors (Lipinski definition) is 2. The molecule has 0 spiro atoms. The lowest BCUT2D eigenvalue weighted by molar-refractivity contribution is -0.155. The van der Waals surface area contributed by atoms with Gasteiger partial charge in [0, 0.05) is 17.1 Å². The minimum Gasteiger partial charge on any atom is -0.452 e. The fraction of sp³-hybridized carbons (Fsp3) is 0.192. The third-order valence-corrected chi connectivity index (χ3v) is 5.37. The lowest BCUT2D eigenvalue weighted by atomic mass is 10.0. The molecule has 0 aliphatic heterocycles. The Morgan fingerprint density at radius 1 is 0.879 bits per heavy atom. The van der Waals surface area contributed by atoms with Crippen LogP contribution in [-0.4, -0.2) is 23.9 Å². The number of carbonyl (C=O) groups is 3. The zero-order valence-corrected chi connectivity index (χ0v) is 18.9. The van der Waals surface area contributed by atoms with Crippen molar-refractivity contribution in [3.8, 4) is 0 Å². The molecular weight excluding hydrogens is 440 g/mol. The van der Waals surface area contributed by atoms with Crippen molar-refractivity contribution in [3.05, 3.63) is 107 Å². The van der Waals surface area contributed by atoms with Gasteiger partial charge < -0.3 is 15.4 Å². The predicted octanol–water partition coefficient (Wildman–Crippen LogP) is 4.45. The van der Waals surface area contributed by atoms with Crippen molar-refractivity contribution in [2.24, 2.45) is 0 Å². The van der Waals surface area contributed by atoms with E-state index in [4.69, 9.17) is 16.3 Å². The van der Waals surface area contributed by atoms with Crippen LogP contribution in [0.2, 0.25) is 5.02 Å². The third-order valence-electron chi connectivity index (χ3n) is 5.00. The lowest BCUT2D eigenvalue weighted by Crippen LogP contribution is -2.37. The molecule has 2 unspecified atom stereocenters. The molecule has 0 bridgehead atoms. The van der Waals surface area contributed by atoms with Crippen molar-refractivity contribution >= 4 is 29.4 Å². The standard InChI is InChI=1S/C26H25ClN2O4/c1-18(25(31)28-17-21-14-8-9-15-22(21)27)33-24(30)16-23(19-10-4-2-5-11-19)29-26(32)20-12-6-3-7-13-20/h2-15,18,23H,16-17H2,1H3,(H,28,31)(H,29,32). The van der Waals surface area contributed by atoms with E-state index in [0.717, 1.165) is 11.1 Å². The smallest absolute Gasteiger partial charge is 0.309 e. The fourth-order valence-electron chi connectivity index (χ4n) is 3.20. The molecule has 3 rings (SSSR count). The predicted molar refractivity (Wildman–Crippen MR) is 127 cm³/mol. The molecule has 2 atom stereocenters. The maximum atomic E-state index is 12.6. The number of nitrogens with one attached hydrogen (secondary N) is 2. The minimum absolute atomic E-state index is 0.120. The molecule has 0 heterocycles. The highest BCUT2D eigenvalue weighted by atomic mass is 35.5. The Hall–Kier alpha value is -3.64. The summed E-state index contributed by atoms with van der Waals surface area (Å²) >= 11 is 6.10. The molecule has 2 N–H and O–H groups in total. The van der Waals surface area contributed by atoms with Crippen LogP contribution in [0.5, 0.6) is 0 Å². The summed E-state index contributed by atoms with van der Waals surface area (Å²) in [6.07, 6.45) is -1.12. The fourth-order valence-corrected chi connectivity index (χ4v) is 3.40. The van der Waals surface area contributed by atoms with E-state index >= 15 is 0 Å². The van der Waals surface area contributed by atoms with Gasteiger partial charge in [-0.15, -0.1) is 0 Å². The zero-order valence-electron chi connectivity index (χ0n) is 18.2. The van der Waals surface area contributed by atoms with Crippen molar-refractivity contribution in [1.29, 1.82) is 0 Å². The Morgan fingerprint density at radius 2 is 1.48 bits per heavy atom. The summed E-state index contributed by atoms with van der Waals surface area (Å²) in [5.41, 5.74) is 2.01. The Kier molecular flexibility index (Phi) is 8.61. The van der Waals surface area contributed by atoms with Crippen LogP contribution in [0.1, 0.15) is 40.9 Å². The monoisotopic (exact) mass is 464 g/mol. The molecule has 6 nitrogen and oxygen atoms in total. The maximum absolute atomic E-state index is 12.6. The van der Waals surface area contributed by atoms with Crippen molar-refractivity contribution in [2.75, 3.05) is 0 Å². The van der Waals surface area contributed by atoms with Crippen molar-refractivity contribution in [1.82, 2.24) is 10.6 Å². The number of rotatable bonds is 9. The lowest BCUT2D eigenvalue weighted by Gasteiger charge is -2.20. The first-order valence-electron chi connectivity index (χ1n) is 10.6. The van der Waals surface area contributed by atoms with Crippen molar-refractivity contribution in [3.63, 3.8) is 0 Å². The van der Waals surface area contributed by atoms with E-state index in [-0.39, 0.29) is 18.9 Å². The quantitative estimate of drug-likeness (QED) is 0.458. The number of carbonyl (C=O) groups excluding carboxylic acids is 3. The van der Waals surface area contributed by atoms with Gasteiger partial charge in [0.05, 0.1) is 12.5 Å². The van der Waals surface area contributed by atoms with Crippen LogP contribution in [0.4, 0.5) is 0 Å². The number of amides is 2.